The molecule has 5 nitrogen and oxygen atoms in total. The molecule has 0 amide bonds. The number of aromatic hydroxyl groups is 1. The third kappa shape index (κ3) is 2.35. The fraction of sp³-hybridized carbons (Fsp3) is 0.235. The number of hydrogen-bond donors (Lipinski definition) is 1. The summed E-state index contributed by atoms with van der Waals surface area (Å²) in [6.07, 6.45) is 0. The van der Waals surface area contributed by atoms with Crippen LogP contribution in [0, 0.1) is 0 Å². The Labute approximate surface area is 128 Å². The van der Waals surface area contributed by atoms with Crippen LogP contribution >= 0.6 is 0 Å². The van der Waals surface area contributed by atoms with E-state index in [-0.39, 0.29) is 0 Å². The molecule has 2 aromatic carbocycles. The first-order valence-electron chi connectivity index (χ1n) is 7.44. The lowest BCUT2D eigenvalue weighted by molar-refractivity contribution is 0.475. The van der Waals surface area contributed by atoms with Crippen molar-refractivity contribution in [3.63, 3.8) is 0 Å². The number of nitrogens with zero attached hydrogens (tertiary/aromatic N) is 3. The number of benzene rings is 2. The van der Waals surface area contributed by atoms with E-state index in [1.807, 2.05) is 36.4 Å². The fourth-order valence-corrected chi connectivity index (χ4v) is 2.81. The molecule has 4 rings (SSSR count). The molecule has 22 heavy (non-hydrogen) atoms. The molecular formula is C17H17N3O2. The number of hydrogen-bond acceptors (Lipinski definition) is 5. The minimum absolute atomic E-state index is 0.300. The number of oxazole rings is 1. The van der Waals surface area contributed by atoms with Gasteiger partial charge in [0.25, 0.3) is 6.01 Å². The van der Waals surface area contributed by atoms with Crippen LogP contribution in [0.4, 0.5) is 11.7 Å². The van der Waals surface area contributed by atoms with Gasteiger partial charge in [-0.3, -0.25) is 0 Å². The molecule has 0 bridgehead atoms. The van der Waals surface area contributed by atoms with Crippen molar-refractivity contribution in [2.75, 3.05) is 36.0 Å². The summed E-state index contributed by atoms with van der Waals surface area (Å²) in [5.41, 5.74) is 2.87. The average Bonchev–Trinajstić information content (AvgIpc) is 3.00. The summed E-state index contributed by atoms with van der Waals surface area (Å²) in [5.74, 6) is 0.300. The second-order valence-corrected chi connectivity index (χ2v) is 5.45. The van der Waals surface area contributed by atoms with Gasteiger partial charge in [0.1, 0.15) is 11.3 Å². The minimum Gasteiger partial charge on any atom is -0.508 e. The number of phenolic OH excluding ortho intramolecular Hbond substituents is 1. The summed E-state index contributed by atoms with van der Waals surface area (Å²) >= 11 is 0. The highest BCUT2D eigenvalue weighted by molar-refractivity contribution is 5.74. The number of phenols is 1. The monoisotopic (exact) mass is 295 g/mol. The standard InChI is InChI=1S/C17H17N3O2/c21-14-7-5-13(6-8-14)19-9-11-20(12-10-19)17-18-15-3-1-2-4-16(15)22-17/h1-8,21H,9-12H2. The summed E-state index contributed by atoms with van der Waals surface area (Å²) in [7, 11) is 0. The molecule has 0 saturated carbocycles. The number of piperazine rings is 1. The molecule has 2 heterocycles. The van der Waals surface area contributed by atoms with E-state index in [4.69, 9.17) is 4.42 Å². The van der Waals surface area contributed by atoms with Gasteiger partial charge in [-0.15, -0.1) is 0 Å². The van der Waals surface area contributed by atoms with E-state index in [2.05, 4.69) is 14.8 Å². The molecule has 3 aromatic rings. The molecule has 0 radical (unpaired) electrons. The summed E-state index contributed by atoms with van der Waals surface area (Å²) in [6.45, 7) is 3.55. The zero-order chi connectivity index (χ0) is 14.9. The fourth-order valence-electron chi connectivity index (χ4n) is 2.81. The van der Waals surface area contributed by atoms with Crippen molar-refractivity contribution >= 4 is 22.8 Å². The van der Waals surface area contributed by atoms with Gasteiger partial charge in [0, 0.05) is 31.9 Å². The first-order chi connectivity index (χ1) is 10.8. The Morgan fingerprint density at radius 1 is 0.864 bits per heavy atom. The summed E-state index contributed by atoms with van der Waals surface area (Å²) < 4.78 is 5.83. The van der Waals surface area contributed by atoms with Gasteiger partial charge in [-0.25, -0.2) is 0 Å². The highest BCUT2D eigenvalue weighted by atomic mass is 16.4. The number of rotatable bonds is 2. The summed E-state index contributed by atoms with van der Waals surface area (Å²) in [6, 6.07) is 15.9. The molecule has 5 heteroatoms. The Hall–Kier alpha value is -2.69. The smallest absolute Gasteiger partial charge is 0.298 e. The quantitative estimate of drug-likeness (QED) is 0.788. The second kappa shape index (κ2) is 5.26. The topological polar surface area (TPSA) is 52.7 Å². The van der Waals surface area contributed by atoms with Crippen LogP contribution in [-0.2, 0) is 0 Å². The highest BCUT2D eigenvalue weighted by Crippen LogP contribution is 2.24. The first-order valence-corrected chi connectivity index (χ1v) is 7.44. The predicted octanol–water partition coefficient (Wildman–Crippen LogP) is 2.86. The predicted molar refractivity (Wildman–Crippen MR) is 86.5 cm³/mol. The molecule has 1 aliphatic heterocycles. The van der Waals surface area contributed by atoms with E-state index in [9.17, 15) is 5.11 Å². The van der Waals surface area contributed by atoms with Gasteiger partial charge in [0.15, 0.2) is 5.58 Å². The zero-order valence-corrected chi connectivity index (χ0v) is 12.1. The Morgan fingerprint density at radius 3 is 2.27 bits per heavy atom. The van der Waals surface area contributed by atoms with E-state index in [1.165, 1.54) is 0 Å². The van der Waals surface area contributed by atoms with Crippen LogP contribution in [-0.4, -0.2) is 36.3 Å². The summed E-state index contributed by atoms with van der Waals surface area (Å²) in [5, 5.41) is 9.37. The van der Waals surface area contributed by atoms with Crippen molar-refractivity contribution in [3.8, 4) is 5.75 Å². The van der Waals surface area contributed by atoms with Crippen molar-refractivity contribution in [2.24, 2.45) is 0 Å². The van der Waals surface area contributed by atoms with Crippen LogP contribution in [0.3, 0.4) is 0 Å². The van der Waals surface area contributed by atoms with E-state index in [0.29, 0.717) is 11.8 Å². The van der Waals surface area contributed by atoms with Crippen LogP contribution in [0.2, 0.25) is 0 Å². The van der Waals surface area contributed by atoms with Gasteiger partial charge in [-0.05, 0) is 36.4 Å². The maximum atomic E-state index is 9.37. The summed E-state index contributed by atoms with van der Waals surface area (Å²) in [4.78, 5) is 9.04. The lowest BCUT2D eigenvalue weighted by Crippen LogP contribution is -2.46. The molecule has 1 fully saturated rings. The van der Waals surface area contributed by atoms with Crippen molar-refractivity contribution in [1.29, 1.82) is 0 Å². The van der Waals surface area contributed by atoms with Gasteiger partial charge < -0.3 is 19.3 Å². The van der Waals surface area contributed by atoms with Gasteiger partial charge in [-0.2, -0.15) is 4.98 Å². The maximum absolute atomic E-state index is 9.37. The lowest BCUT2D eigenvalue weighted by Gasteiger charge is -2.35. The van der Waals surface area contributed by atoms with Crippen molar-refractivity contribution in [1.82, 2.24) is 4.98 Å². The van der Waals surface area contributed by atoms with Gasteiger partial charge >= 0.3 is 0 Å². The average molecular weight is 295 g/mol. The minimum atomic E-state index is 0.300. The number of para-hydroxylation sites is 2. The number of anilines is 2. The van der Waals surface area contributed by atoms with E-state index < -0.39 is 0 Å². The largest absolute Gasteiger partial charge is 0.508 e. The van der Waals surface area contributed by atoms with Crippen LogP contribution in [0.1, 0.15) is 0 Å². The van der Waals surface area contributed by atoms with E-state index >= 15 is 0 Å². The number of fused-ring (bicyclic) bond motifs is 1. The molecule has 0 spiro atoms. The Bertz CT molecular complexity index is 741. The Morgan fingerprint density at radius 2 is 1.55 bits per heavy atom. The highest BCUT2D eigenvalue weighted by Gasteiger charge is 2.21. The normalized spacial score (nSPS) is 15.5. The number of aromatic nitrogens is 1. The lowest BCUT2D eigenvalue weighted by atomic mass is 10.2. The first kappa shape index (κ1) is 13.0. The molecular weight excluding hydrogens is 278 g/mol. The van der Waals surface area contributed by atoms with E-state index in [1.54, 1.807) is 12.1 Å². The van der Waals surface area contributed by atoms with Crippen molar-refractivity contribution in [3.05, 3.63) is 48.5 Å². The third-order valence-corrected chi connectivity index (χ3v) is 4.05. The molecule has 1 aromatic heterocycles. The van der Waals surface area contributed by atoms with Crippen LogP contribution in [0.15, 0.2) is 52.9 Å². The van der Waals surface area contributed by atoms with Gasteiger partial charge in [0.05, 0.1) is 0 Å². The molecule has 0 atom stereocenters. The Kier molecular flexibility index (Phi) is 3.11. The molecule has 0 unspecified atom stereocenters. The van der Waals surface area contributed by atoms with Crippen molar-refractivity contribution in [2.45, 2.75) is 0 Å². The van der Waals surface area contributed by atoms with Gasteiger partial charge in [-0.1, -0.05) is 12.1 Å². The molecule has 112 valence electrons. The Balaban J connectivity index is 1.48. The second-order valence-electron chi connectivity index (χ2n) is 5.45. The van der Waals surface area contributed by atoms with Crippen LogP contribution in [0.25, 0.3) is 11.1 Å². The maximum Gasteiger partial charge on any atom is 0.298 e. The SMILES string of the molecule is Oc1ccc(N2CCN(c3nc4ccccc4o3)CC2)cc1. The molecule has 1 saturated heterocycles. The van der Waals surface area contributed by atoms with Crippen LogP contribution < -0.4 is 9.80 Å². The molecule has 1 aliphatic rings. The third-order valence-electron chi connectivity index (χ3n) is 4.05. The molecule has 0 aliphatic carbocycles. The van der Waals surface area contributed by atoms with Gasteiger partial charge in [0.2, 0.25) is 0 Å². The zero-order valence-electron chi connectivity index (χ0n) is 12.1. The van der Waals surface area contributed by atoms with Crippen LogP contribution in [0.5, 0.6) is 5.75 Å². The van der Waals surface area contributed by atoms with E-state index in [0.717, 1.165) is 43.0 Å². The van der Waals surface area contributed by atoms with Crippen molar-refractivity contribution < 1.29 is 9.52 Å². The molecule has 1 N–H and O–H groups in total.